The average Bonchev–Trinajstić information content (AvgIpc) is 2.75. The maximum atomic E-state index is 12.5. The number of hydrogen-bond acceptors (Lipinski definition) is 5. The molecule has 2 fully saturated rings. The molecule has 0 aromatic heterocycles. The van der Waals surface area contributed by atoms with Gasteiger partial charge in [-0.05, 0) is 45.3 Å². The molecule has 0 radical (unpaired) electrons. The van der Waals surface area contributed by atoms with Crippen LogP contribution in [0.2, 0.25) is 0 Å². The molecule has 6 nitrogen and oxygen atoms in total. The summed E-state index contributed by atoms with van der Waals surface area (Å²) in [6.07, 6.45) is 0. The molecule has 142 valence electrons. The van der Waals surface area contributed by atoms with E-state index < -0.39 is 9.73 Å². The van der Waals surface area contributed by atoms with Crippen LogP contribution in [0.15, 0.2) is 28.6 Å². The fraction of sp³-hybridized carbons (Fsp3) is 0.611. The van der Waals surface area contributed by atoms with Gasteiger partial charge >= 0.3 is 7.12 Å². The highest BCUT2D eigenvalue weighted by Crippen LogP contribution is 2.36. The minimum atomic E-state index is -2.38. The van der Waals surface area contributed by atoms with E-state index in [1.807, 2.05) is 52.0 Å². The highest BCUT2D eigenvalue weighted by atomic mass is 32.2. The quantitative estimate of drug-likeness (QED) is 0.735. The lowest BCUT2D eigenvalue weighted by Crippen LogP contribution is -2.41. The maximum Gasteiger partial charge on any atom is 0.494 e. The Bertz CT molecular complexity index is 783. The van der Waals surface area contributed by atoms with E-state index in [0.717, 1.165) is 11.2 Å². The third-order valence-electron chi connectivity index (χ3n) is 5.44. The van der Waals surface area contributed by atoms with Crippen molar-refractivity contribution in [3.63, 3.8) is 0 Å². The van der Waals surface area contributed by atoms with Crippen molar-refractivity contribution in [3.8, 4) is 0 Å². The lowest BCUT2D eigenvalue weighted by atomic mass is 9.79. The fourth-order valence-corrected chi connectivity index (χ4v) is 4.99. The molecule has 1 aromatic carbocycles. The second-order valence-corrected chi connectivity index (χ2v) is 10.5. The largest absolute Gasteiger partial charge is 0.494 e. The van der Waals surface area contributed by atoms with Crippen LogP contribution >= 0.6 is 0 Å². The molecule has 0 N–H and O–H groups in total. The molecule has 0 atom stereocenters. The number of anilines is 1. The molecule has 2 heterocycles. The lowest BCUT2D eigenvalue weighted by Gasteiger charge is -2.32. The number of amides is 1. The molecule has 0 unspecified atom stereocenters. The Labute approximate surface area is 156 Å². The van der Waals surface area contributed by atoms with E-state index >= 15 is 0 Å². The fourth-order valence-electron chi connectivity index (χ4n) is 3.12. The van der Waals surface area contributed by atoms with Gasteiger partial charge in [0.2, 0.25) is 0 Å². The zero-order valence-electron chi connectivity index (χ0n) is 16.2. The third-order valence-corrected chi connectivity index (χ3v) is 7.67. The summed E-state index contributed by atoms with van der Waals surface area (Å²) >= 11 is 0. The number of rotatable bonds is 2. The predicted molar refractivity (Wildman–Crippen MR) is 105 cm³/mol. The Morgan fingerprint density at radius 2 is 1.58 bits per heavy atom. The van der Waals surface area contributed by atoms with E-state index in [1.54, 1.807) is 0 Å². The Morgan fingerprint density at radius 3 is 2.04 bits per heavy atom. The van der Waals surface area contributed by atoms with E-state index in [0.29, 0.717) is 24.6 Å². The van der Waals surface area contributed by atoms with Crippen LogP contribution in [0.4, 0.5) is 5.69 Å². The molecule has 0 saturated carbocycles. The molecule has 0 bridgehead atoms. The van der Waals surface area contributed by atoms with Gasteiger partial charge in [0.05, 0.1) is 20.9 Å². The molecule has 1 amide bonds. The first-order valence-corrected chi connectivity index (χ1v) is 10.8. The van der Waals surface area contributed by atoms with Crippen LogP contribution in [0.3, 0.4) is 0 Å². The summed E-state index contributed by atoms with van der Waals surface area (Å²) in [7, 11) is -2.76. The minimum absolute atomic E-state index is 0.352. The topological polar surface area (TPSA) is 68.2 Å². The van der Waals surface area contributed by atoms with Crippen molar-refractivity contribution in [1.29, 1.82) is 0 Å². The molecule has 3 rings (SSSR count). The lowest BCUT2D eigenvalue weighted by molar-refractivity contribution is -0.115. The Balaban J connectivity index is 1.68. The number of carbonyl (C=O) groups excluding carboxylic acids is 1. The molecule has 2 aliphatic heterocycles. The van der Waals surface area contributed by atoms with E-state index in [4.69, 9.17) is 9.31 Å². The summed E-state index contributed by atoms with van der Waals surface area (Å²) in [5, 5.41) is 0. The number of benzene rings is 1. The van der Waals surface area contributed by atoms with Gasteiger partial charge in [0.25, 0.3) is 5.91 Å². The maximum absolute atomic E-state index is 12.5. The average molecular weight is 378 g/mol. The van der Waals surface area contributed by atoms with Crippen molar-refractivity contribution < 1.29 is 18.3 Å². The molecule has 0 aliphatic carbocycles. The molecule has 26 heavy (non-hydrogen) atoms. The summed E-state index contributed by atoms with van der Waals surface area (Å²) in [5.74, 6) is 0.493. The van der Waals surface area contributed by atoms with Gasteiger partial charge in [0.1, 0.15) is 0 Å². The SMILES string of the molecule is CC(=O)N=S1(=O)CCN(c2ccc(B3OC(C)(C)C(C)(C)O3)cc2)CC1. The Morgan fingerprint density at radius 1 is 1.08 bits per heavy atom. The number of carbonyl (C=O) groups is 1. The number of hydrogen-bond donors (Lipinski definition) is 0. The van der Waals surface area contributed by atoms with Gasteiger partial charge in [-0.3, -0.25) is 4.79 Å². The zero-order chi connectivity index (χ0) is 19.2. The summed E-state index contributed by atoms with van der Waals surface area (Å²) in [4.78, 5) is 13.3. The van der Waals surface area contributed by atoms with Crippen LogP contribution < -0.4 is 10.4 Å². The zero-order valence-corrected chi connectivity index (χ0v) is 17.0. The second kappa shape index (κ2) is 6.66. The molecule has 2 aliphatic rings. The normalized spacial score (nSPS) is 23.7. The van der Waals surface area contributed by atoms with Crippen molar-refractivity contribution in [2.24, 2.45) is 4.36 Å². The van der Waals surface area contributed by atoms with Crippen LogP contribution in [0, 0.1) is 0 Å². The van der Waals surface area contributed by atoms with E-state index in [-0.39, 0.29) is 24.2 Å². The standard InChI is InChI=1S/C18H27BN2O4S/c1-14(22)20-26(23)12-10-21(11-13-26)16-8-6-15(7-9-16)19-24-17(2,3)18(4,5)25-19/h6-9H,10-13H2,1-5H3. The van der Waals surface area contributed by atoms with Crippen LogP contribution in [0.1, 0.15) is 34.6 Å². The molecule has 8 heteroatoms. The first-order valence-electron chi connectivity index (χ1n) is 8.95. The van der Waals surface area contributed by atoms with Crippen molar-refractivity contribution in [3.05, 3.63) is 24.3 Å². The van der Waals surface area contributed by atoms with Gasteiger partial charge in [0.15, 0.2) is 0 Å². The van der Waals surface area contributed by atoms with E-state index in [2.05, 4.69) is 9.26 Å². The summed E-state index contributed by atoms with van der Waals surface area (Å²) in [5.41, 5.74) is 1.34. The summed E-state index contributed by atoms with van der Waals surface area (Å²) < 4.78 is 28.5. The second-order valence-electron chi connectivity index (χ2n) is 7.96. The van der Waals surface area contributed by atoms with Crippen molar-refractivity contribution in [1.82, 2.24) is 0 Å². The smallest absolute Gasteiger partial charge is 0.399 e. The molecular weight excluding hydrogens is 351 g/mol. The van der Waals surface area contributed by atoms with Gasteiger partial charge in [-0.15, -0.1) is 0 Å². The van der Waals surface area contributed by atoms with E-state index in [1.165, 1.54) is 6.92 Å². The first kappa shape index (κ1) is 19.4. The van der Waals surface area contributed by atoms with Crippen LogP contribution in [-0.2, 0) is 23.8 Å². The molecular formula is C18H27BN2O4S. The third kappa shape index (κ3) is 3.82. The van der Waals surface area contributed by atoms with E-state index in [9.17, 15) is 9.00 Å². The highest BCUT2D eigenvalue weighted by molar-refractivity contribution is 7.94. The molecule has 0 spiro atoms. The van der Waals surface area contributed by atoms with Crippen molar-refractivity contribution in [2.45, 2.75) is 45.8 Å². The van der Waals surface area contributed by atoms with Gasteiger partial charge in [-0.25, -0.2) is 4.21 Å². The Kier molecular flexibility index (Phi) is 4.96. The van der Waals surface area contributed by atoms with Gasteiger partial charge in [-0.1, -0.05) is 12.1 Å². The monoisotopic (exact) mass is 378 g/mol. The summed E-state index contributed by atoms with van der Waals surface area (Å²) in [6, 6.07) is 8.11. The predicted octanol–water partition coefficient (Wildman–Crippen LogP) is 1.82. The highest BCUT2D eigenvalue weighted by Gasteiger charge is 2.51. The number of nitrogens with zero attached hydrogens (tertiary/aromatic N) is 2. The van der Waals surface area contributed by atoms with Crippen LogP contribution in [-0.4, -0.2) is 53.0 Å². The Hall–Kier alpha value is -1.38. The first-order chi connectivity index (χ1) is 12.0. The van der Waals surface area contributed by atoms with Crippen molar-refractivity contribution >= 4 is 33.9 Å². The van der Waals surface area contributed by atoms with Gasteiger partial charge in [-0.2, -0.15) is 4.36 Å². The molecule has 2 saturated heterocycles. The van der Waals surface area contributed by atoms with Gasteiger partial charge < -0.3 is 14.2 Å². The van der Waals surface area contributed by atoms with Crippen LogP contribution in [0.25, 0.3) is 0 Å². The van der Waals surface area contributed by atoms with Crippen molar-refractivity contribution in [2.75, 3.05) is 29.5 Å². The molecule has 1 aromatic rings. The van der Waals surface area contributed by atoms with Gasteiger partial charge in [0, 0.05) is 37.2 Å². The summed E-state index contributed by atoms with van der Waals surface area (Å²) in [6.45, 7) is 10.8. The van der Waals surface area contributed by atoms with Crippen LogP contribution in [0.5, 0.6) is 0 Å². The minimum Gasteiger partial charge on any atom is -0.399 e.